The number of rotatable bonds is 3. The third kappa shape index (κ3) is 3.13. The summed E-state index contributed by atoms with van der Waals surface area (Å²) in [7, 11) is 0. The first-order valence-electron chi connectivity index (χ1n) is 6.44. The molecule has 0 atom stereocenters. The Morgan fingerprint density at radius 1 is 1.27 bits per heavy atom. The summed E-state index contributed by atoms with van der Waals surface area (Å²) in [5.41, 5.74) is 1.90. The molecule has 0 aliphatic rings. The highest BCUT2D eigenvalue weighted by molar-refractivity contribution is 7.13. The van der Waals surface area contributed by atoms with Gasteiger partial charge in [0, 0.05) is 17.8 Å². The number of amides is 1. The summed E-state index contributed by atoms with van der Waals surface area (Å²) in [6.45, 7) is 1.93. The lowest BCUT2D eigenvalue weighted by Crippen LogP contribution is -2.12. The zero-order chi connectivity index (χ0) is 15.5. The zero-order valence-corrected chi connectivity index (χ0v) is 13.1. The SMILES string of the molecule is Cc1ccc(NC(=O)c2csc(-c3ncccn3)n2)c(Cl)c1. The van der Waals surface area contributed by atoms with Crippen LogP contribution in [0.2, 0.25) is 5.02 Å². The van der Waals surface area contributed by atoms with Gasteiger partial charge >= 0.3 is 0 Å². The Bertz CT molecular complexity index is 819. The minimum atomic E-state index is -0.316. The van der Waals surface area contributed by atoms with Gasteiger partial charge in [-0.05, 0) is 30.7 Å². The minimum absolute atomic E-state index is 0.309. The Hall–Kier alpha value is -2.31. The Labute approximate surface area is 136 Å². The highest BCUT2D eigenvalue weighted by Gasteiger charge is 2.14. The molecule has 0 aliphatic heterocycles. The fourth-order valence-electron chi connectivity index (χ4n) is 1.80. The maximum atomic E-state index is 12.2. The molecule has 110 valence electrons. The van der Waals surface area contributed by atoms with Gasteiger partial charge in [-0.3, -0.25) is 4.79 Å². The Kier molecular flexibility index (Phi) is 4.13. The molecule has 1 amide bonds. The van der Waals surface area contributed by atoms with Crippen LogP contribution >= 0.6 is 22.9 Å². The van der Waals surface area contributed by atoms with E-state index >= 15 is 0 Å². The largest absolute Gasteiger partial charge is 0.319 e. The summed E-state index contributed by atoms with van der Waals surface area (Å²) in [6.07, 6.45) is 3.27. The third-order valence-corrected chi connectivity index (χ3v) is 4.02. The normalized spacial score (nSPS) is 10.5. The topological polar surface area (TPSA) is 67.8 Å². The van der Waals surface area contributed by atoms with Gasteiger partial charge in [-0.25, -0.2) is 15.0 Å². The number of nitrogens with zero attached hydrogens (tertiary/aromatic N) is 3. The Morgan fingerprint density at radius 3 is 2.77 bits per heavy atom. The van der Waals surface area contributed by atoms with Crippen LogP contribution in [0, 0.1) is 6.92 Å². The predicted molar refractivity (Wildman–Crippen MR) is 87.3 cm³/mol. The van der Waals surface area contributed by atoms with Crippen LogP contribution in [-0.4, -0.2) is 20.9 Å². The molecule has 0 saturated carbocycles. The van der Waals surface area contributed by atoms with Crippen molar-refractivity contribution in [3.8, 4) is 10.8 Å². The first kappa shape index (κ1) is 14.6. The number of carbonyl (C=O) groups excluding carboxylic acids is 1. The Morgan fingerprint density at radius 2 is 2.05 bits per heavy atom. The molecule has 2 aromatic heterocycles. The van der Waals surface area contributed by atoms with Crippen LogP contribution < -0.4 is 5.32 Å². The molecular weight excluding hydrogens is 320 g/mol. The number of hydrogen-bond donors (Lipinski definition) is 1. The second-order valence-corrected chi connectivity index (χ2v) is 5.81. The number of halogens is 1. The monoisotopic (exact) mass is 330 g/mol. The first-order valence-corrected chi connectivity index (χ1v) is 7.69. The van der Waals surface area contributed by atoms with E-state index in [1.54, 1.807) is 36.0 Å². The van der Waals surface area contributed by atoms with E-state index in [1.807, 2.05) is 13.0 Å². The van der Waals surface area contributed by atoms with E-state index in [4.69, 9.17) is 11.6 Å². The molecule has 0 unspecified atom stereocenters. The number of anilines is 1. The van der Waals surface area contributed by atoms with Crippen molar-refractivity contribution < 1.29 is 4.79 Å². The minimum Gasteiger partial charge on any atom is -0.319 e. The predicted octanol–water partition coefficient (Wildman–Crippen LogP) is 3.81. The second kappa shape index (κ2) is 6.21. The lowest BCUT2D eigenvalue weighted by atomic mass is 10.2. The maximum absolute atomic E-state index is 12.2. The number of nitrogens with one attached hydrogen (secondary N) is 1. The summed E-state index contributed by atoms with van der Waals surface area (Å²) in [4.78, 5) is 24.7. The van der Waals surface area contributed by atoms with Gasteiger partial charge in [0.2, 0.25) is 0 Å². The number of aromatic nitrogens is 3. The molecule has 2 heterocycles. The molecule has 3 aromatic rings. The van der Waals surface area contributed by atoms with Crippen LogP contribution in [0.4, 0.5) is 5.69 Å². The molecule has 1 aromatic carbocycles. The van der Waals surface area contributed by atoms with Crippen molar-refractivity contribution >= 4 is 34.5 Å². The van der Waals surface area contributed by atoms with Crippen LogP contribution in [0.5, 0.6) is 0 Å². The van der Waals surface area contributed by atoms with Gasteiger partial charge in [0.1, 0.15) is 5.69 Å². The molecule has 0 radical (unpaired) electrons. The molecule has 0 bridgehead atoms. The van der Waals surface area contributed by atoms with Crippen LogP contribution in [0.25, 0.3) is 10.8 Å². The molecule has 1 N–H and O–H groups in total. The van der Waals surface area contributed by atoms with Crippen molar-refractivity contribution in [1.29, 1.82) is 0 Å². The summed E-state index contributed by atoms with van der Waals surface area (Å²) < 4.78 is 0. The number of aryl methyl sites for hydroxylation is 1. The standard InChI is InChI=1S/C15H11ClN4OS/c1-9-3-4-11(10(16)7-9)19-14(21)12-8-22-15(20-12)13-17-5-2-6-18-13/h2-8H,1H3,(H,19,21). The van der Waals surface area contributed by atoms with Crippen molar-refractivity contribution in [3.63, 3.8) is 0 Å². The van der Waals surface area contributed by atoms with Crippen molar-refractivity contribution in [2.75, 3.05) is 5.32 Å². The van der Waals surface area contributed by atoms with Crippen molar-refractivity contribution in [2.24, 2.45) is 0 Å². The summed E-state index contributed by atoms with van der Waals surface area (Å²) in [6, 6.07) is 7.17. The summed E-state index contributed by atoms with van der Waals surface area (Å²) in [5, 5.41) is 5.51. The fraction of sp³-hybridized carbons (Fsp3) is 0.0667. The average Bonchev–Trinajstić information content (AvgIpc) is 3.01. The Balaban J connectivity index is 1.80. The van der Waals surface area contributed by atoms with Crippen LogP contribution in [0.15, 0.2) is 42.0 Å². The highest BCUT2D eigenvalue weighted by Crippen LogP contribution is 2.24. The second-order valence-electron chi connectivity index (χ2n) is 4.55. The first-order chi connectivity index (χ1) is 10.6. The summed E-state index contributed by atoms with van der Waals surface area (Å²) >= 11 is 7.43. The van der Waals surface area contributed by atoms with E-state index in [9.17, 15) is 4.79 Å². The van der Waals surface area contributed by atoms with Crippen molar-refractivity contribution in [1.82, 2.24) is 15.0 Å². The molecule has 0 spiro atoms. The van der Waals surface area contributed by atoms with E-state index < -0.39 is 0 Å². The van der Waals surface area contributed by atoms with Gasteiger partial charge in [-0.1, -0.05) is 17.7 Å². The van der Waals surface area contributed by atoms with E-state index in [-0.39, 0.29) is 5.91 Å². The van der Waals surface area contributed by atoms with Crippen LogP contribution in [0.1, 0.15) is 16.1 Å². The van der Waals surface area contributed by atoms with E-state index in [0.29, 0.717) is 27.2 Å². The number of carbonyl (C=O) groups is 1. The van der Waals surface area contributed by atoms with Gasteiger partial charge in [0.25, 0.3) is 5.91 Å². The van der Waals surface area contributed by atoms with Gasteiger partial charge in [0.15, 0.2) is 10.8 Å². The highest BCUT2D eigenvalue weighted by atomic mass is 35.5. The molecule has 0 saturated heterocycles. The third-order valence-electron chi connectivity index (χ3n) is 2.87. The van der Waals surface area contributed by atoms with Crippen molar-refractivity contribution in [3.05, 3.63) is 58.3 Å². The lowest BCUT2D eigenvalue weighted by molar-refractivity contribution is 0.102. The average molecular weight is 331 g/mol. The molecule has 5 nitrogen and oxygen atoms in total. The zero-order valence-electron chi connectivity index (χ0n) is 11.6. The quantitative estimate of drug-likeness (QED) is 0.792. The van der Waals surface area contributed by atoms with Gasteiger partial charge < -0.3 is 5.32 Å². The van der Waals surface area contributed by atoms with Crippen molar-refractivity contribution in [2.45, 2.75) is 6.92 Å². The fourth-order valence-corrected chi connectivity index (χ4v) is 2.83. The molecule has 22 heavy (non-hydrogen) atoms. The number of benzene rings is 1. The maximum Gasteiger partial charge on any atom is 0.275 e. The van der Waals surface area contributed by atoms with Crippen LogP contribution in [-0.2, 0) is 0 Å². The smallest absolute Gasteiger partial charge is 0.275 e. The summed E-state index contributed by atoms with van der Waals surface area (Å²) in [5.74, 6) is 0.184. The van der Waals surface area contributed by atoms with Gasteiger partial charge in [-0.2, -0.15) is 0 Å². The molecule has 0 aliphatic carbocycles. The molecule has 3 rings (SSSR count). The van der Waals surface area contributed by atoms with Crippen LogP contribution in [0.3, 0.4) is 0 Å². The van der Waals surface area contributed by atoms with E-state index in [0.717, 1.165) is 5.56 Å². The van der Waals surface area contributed by atoms with Gasteiger partial charge in [-0.15, -0.1) is 11.3 Å². The van der Waals surface area contributed by atoms with E-state index in [1.165, 1.54) is 11.3 Å². The lowest BCUT2D eigenvalue weighted by Gasteiger charge is -2.06. The molecular formula is C15H11ClN4OS. The molecule has 0 fully saturated rings. The molecule has 7 heteroatoms. The number of hydrogen-bond acceptors (Lipinski definition) is 5. The van der Waals surface area contributed by atoms with Gasteiger partial charge in [0.05, 0.1) is 10.7 Å². The van der Waals surface area contributed by atoms with E-state index in [2.05, 4.69) is 20.3 Å². The number of thiazole rings is 1.